The quantitative estimate of drug-likeness (QED) is 0.803. The molecule has 7 heteroatoms. The number of nitrogens with two attached hydrogens (primary N) is 1. The molecular formula is C7H11N3O2S2. The molecule has 3 N–H and O–H groups in total. The van der Waals surface area contributed by atoms with Gasteiger partial charge in [0.05, 0.1) is 5.25 Å². The number of nitrogen functional groups attached to an aromatic ring is 1. The van der Waals surface area contributed by atoms with Crippen molar-refractivity contribution in [2.24, 2.45) is 0 Å². The van der Waals surface area contributed by atoms with Gasteiger partial charge < -0.3 is 11.1 Å². The van der Waals surface area contributed by atoms with E-state index in [0.29, 0.717) is 5.00 Å². The Hall–Kier alpha value is -0.820. The van der Waals surface area contributed by atoms with E-state index in [4.69, 9.17) is 5.73 Å². The van der Waals surface area contributed by atoms with E-state index in [1.807, 2.05) is 0 Å². The molecule has 0 amide bonds. The van der Waals surface area contributed by atoms with Crippen molar-refractivity contribution in [3.63, 3.8) is 0 Å². The summed E-state index contributed by atoms with van der Waals surface area (Å²) in [4.78, 5) is 0.188. The Kier molecular flexibility index (Phi) is 2.15. The number of anilines is 2. The lowest BCUT2D eigenvalue weighted by atomic mass is 10.6. The molecule has 0 bridgehead atoms. The first-order valence-corrected chi connectivity index (χ1v) is 6.56. The Morgan fingerprint density at radius 1 is 1.57 bits per heavy atom. The van der Waals surface area contributed by atoms with Gasteiger partial charge >= 0.3 is 0 Å². The Bertz CT molecular complexity index is 448. The van der Waals surface area contributed by atoms with Gasteiger partial charge in [0, 0.05) is 7.05 Å². The van der Waals surface area contributed by atoms with Crippen molar-refractivity contribution in [3.8, 4) is 0 Å². The normalized spacial score (nSPS) is 16.9. The van der Waals surface area contributed by atoms with Crippen molar-refractivity contribution >= 4 is 32.2 Å². The molecule has 0 aromatic carbocycles. The lowest BCUT2D eigenvalue weighted by molar-refractivity contribution is 0.595. The summed E-state index contributed by atoms with van der Waals surface area (Å²) in [5, 5.41) is 3.10. The maximum Gasteiger partial charge on any atom is 0.187 e. The molecule has 0 atom stereocenters. The largest absolute Gasteiger partial charge is 0.382 e. The Morgan fingerprint density at radius 3 is 2.71 bits per heavy atom. The fraction of sp³-hybridized carbons (Fsp3) is 0.571. The van der Waals surface area contributed by atoms with Gasteiger partial charge in [0.1, 0.15) is 9.90 Å². The highest BCUT2D eigenvalue weighted by Gasteiger charge is 2.40. The fourth-order valence-corrected chi connectivity index (χ4v) is 4.14. The van der Waals surface area contributed by atoms with Crippen LogP contribution < -0.4 is 11.1 Å². The van der Waals surface area contributed by atoms with Crippen LogP contribution in [-0.2, 0) is 9.84 Å². The number of hydrogen-bond donors (Lipinski definition) is 2. The smallest absolute Gasteiger partial charge is 0.187 e. The molecule has 0 saturated heterocycles. The summed E-state index contributed by atoms with van der Waals surface area (Å²) in [7, 11) is -1.57. The van der Waals surface area contributed by atoms with E-state index in [1.165, 1.54) is 0 Å². The van der Waals surface area contributed by atoms with E-state index in [9.17, 15) is 8.42 Å². The van der Waals surface area contributed by atoms with Gasteiger partial charge in [0.25, 0.3) is 0 Å². The molecule has 0 aliphatic heterocycles. The van der Waals surface area contributed by atoms with Crippen LogP contribution in [0.5, 0.6) is 0 Å². The molecule has 1 aromatic heterocycles. The second kappa shape index (κ2) is 3.09. The summed E-state index contributed by atoms with van der Waals surface area (Å²) in [5.41, 5.74) is 5.55. The van der Waals surface area contributed by atoms with Crippen LogP contribution in [-0.4, -0.2) is 25.1 Å². The average molecular weight is 233 g/mol. The topological polar surface area (TPSA) is 85.1 Å². The molecule has 1 heterocycles. The summed E-state index contributed by atoms with van der Waals surface area (Å²) in [6.45, 7) is 0. The van der Waals surface area contributed by atoms with Crippen molar-refractivity contribution in [2.75, 3.05) is 18.1 Å². The molecular weight excluding hydrogens is 222 g/mol. The molecule has 0 unspecified atom stereocenters. The summed E-state index contributed by atoms with van der Waals surface area (Å²) < 4.78 is 27.6. The minimum atomic E-state index is -3.24. The summed E-state index contributed by atoms with van der Waals surface area (Å²) >= 11 is 1.08. The van der Waals surface area contributed by atoms with Crippen molar-refractivity contribution in [1.29, 1.82) is 0 Å². The van der Waals surface area contributed by atoms with Gasteiger partial charge in [0.15, 0.2) is 15.7 Å². The molecule has 1 aliphatic carbocycles. The lowest BCUT2D eigenvalue weighted by Crippen LogP contribution is -2.10. The number of aromatic nitrogens is 1. The zero-order valence-electron chi connectivity index (χ0n) is 7.65. The minimum absolute atomic E-state index is 0.117. The third-order valence-electron chi connectivity index (χ3n) is 2.15. The van der Waals surface area contributed by atoms with Crippen molar-refractivity contribution in [2.45, 2.75) is 23.0 Å². The predicted molar refractivity (Wildman–Crippen MR) is 56.3 cm³/mol. The Balaban J connectivity index is 2.53. The highest BCUT2D eigenvalue weighted by Crippen LogP contribution is 2.40. The molecule has 78 valence electrons. The van der Waals surface area contributed by atoms with Crippen molar-refractivity contribution in [3.05, 3.63) is 0 Å². The van der Waals surface area contributed by atoms with Gasteiger partial charge in [-0.05, 0) is 24.4 Å². The fourth-order valence-electron chi connectivity index (χ4n) is 1.27. The molecule has 2 rings (SSSR count). The third-order valence-corrected chi connectivity index (χ3v) is 5.49. The zero-order chi connectivity index (χ0) is 10.3. The molecule has 0 radical (unpaired) electrons. The van der Waals surface area contributed by atoms with Gasteiger partial charge in [-0.1, -0.05) is 0 Å². The minimum Gasteiger partial charge on any atom is -0.382 e. The first-order chi connectivity index (χ1) is 6.57. The third kappa shape index (κ3) is 1.36. The number of nitrogens with zero attached hydrogens (tertiary/aromatic N) is 1. The van der Waals surface area contributed by atoms with Crippen molar-refractivity contribution in [1.82, 2.24) is 4.37 Å². The SMILES string of the molecule is CNc1snc(N)c1S(=O)(=O)C1CC1. The van der Waals surface area contributed by atoms with E-state index in [0.717, 1.165) is 24.4 Å². The van der Waals surface area contributed by atoms with Crippen LogP contribution in [0.2, 0.25) is 0 Å². The van der Waals surface area contributed by atoms with Crippen molar-refractivity contribution < 1.29 is 8.42 Å². The van der Waals surface area contributed by atoms with Gasteiger partial charge in [-0.2, -0.15) is 4.37 Å². The van der Waals surface area contributed by atoms with Gasteiger partial charge in [-0.25, -0.2) is 8.42 Å². The molecule has 14 heavy (non-hydrogen) atoms. The highest BCUT2D eigenvalue weighted by atomic mass is 32.2. The molecule has 1 fully saturated rings. The van der Waals surface area contributed by atoms with Crippen LogP contribution >= 0.6 is 11.5 Å². The van der Waals surface area contributed by atoms with E-state index < -0.39 is 9.84 Å². The second-order valence-corrected chi connectivity index (χ2v) is 6.16. The van der Waals surface area contributed by atoms with Crippen LogP contribution in [0.3, 0.4) is 0 Å². The summed E-state index contributed by atoms with van der Waals surface area (Å²) in [5.74, 6) is 0.117. The standard InChI is InChI=1S/C7H11N3O2S2/c1-9-7-5(6(8)10-13-7)14(11,12)4-2-3-4/h4,9H,2-3H2,1H3,(H2,8,10). The molecule has 0 spiro atoms. The van der Waals surface area contributed by atoms with Gasteiger partial charge in [-0.15, -0.1) is 0 Å². The molecule has 1 aromatic rings. The molecule has 5 nitrogen and oxygen atoms in total. The Morgan fingerprint density at radius 2 is 2.21 bits per heavy atom. The predicted octanol–water partition coefficient (Wildman–Crippen LogP) is 0.703. The monoisotopic (exact) mass is 233 g/mol. The van der Waals surface area contributed by atoms with Crippen LogP contribution in [0.25, 0.3) is 0 Å². The van der Waals surface area contributed by atoms with E-state index in [2.05, 4.69) is 9.69 Å². The first-order valence-electron chi connectivity index (χ1n) is 4.24. The number of nitrogens with one attached hydrogen (secondary N) is 1. The second-order valence-electron chi connectivity index (χ2n) is 3.22. The maximum atomic E-state index is 11.9. The Labute approximate surface area is 86.4 Å². The van der Waals surface area contributed by atoms with E-state index >= 15 is 0 Å². The van der Waals surface area contributed by atoms with Crippen LogP contribution in [0.1, 0.15) is 12.8 Å². The molecule has 1 saturated carbocycles. The lowest BCUT2D eigenvalue weighted by Gasteiger charge is -2.03. The summed E-state index contributed by atoms with van der Waals surface area (Å²) in [6, 6.07) is 0. The average Bonchev–Trinajstić information content (AvgIpc) is 2.90. The zero-order valence-corrected chi connectivity index (χ0v) is 9.28. The summed E-state index contributed by atoms with van der Waals surface area (Å²) in [6.07, 6.45) is 1.47. The van der Waals surface area contributed by atoms with E-state index in [-0.39, 0.29) is 16.0 Å². The van der Waals surface area contributed by atoms with Crippen LogP contribution in [0.15, 0.2) is 4.90 Å². The van der Waals surface area contributed by atoms with Crippen LogP contribution in [0.4, 0.5) is 10.8 Å². The van der Waals surface area contributed by atoms with Crippen LogP contribution in [0, 0.1) is 0 Å². The highest BCUT2D eigenvalue weighted by molar-refractivity contribution is 7.92. The van der Waals surface area contributed by atoms with Gasteiger partial charge in [-0.3, -0.25) is 0 Å². The first kappa shape index (κ1) is 9.72. The number of hydrogen-bond acceptors (Lipinski definition) is 6. The maximum absolute atomic E-state index is 11.9. The number of sulfone groups is 1. The van der Waals surface area contributed by atoms with Gasteiger partial charge in [0.2, 0.25) is 0 Å². The van der Waals surface area contributed by atoms with E-state index in [1.54, 1.807) is 7.05 Å². The molecule has 1 aliphatic rings. The number of rotatable bonds is 3.